The fourth-order valence-corrected chi connectivity index (χ4v) is 3.74. The van der Waals surface area contributed by atoms with Crippen LogP contribution in [0.25, 0.3) is 0 Å². The molecule has 3 fully saturated rings. The maximum absolute atomic E-state index is 12.0. The minimum Gasteiger partial charge on any atom is -0.352 e. The number of fused-ring (bicyclic) bond motifs is 2. The van der Waals surface area contributed by atoms with E-state index in [9.17, 15) is 4.79 Å². The van der Waals surface area contributed by atoms with E-state index in [1.54, 1.807) is 0 Å². The summed E-state index contributed by atoms with van der Waals surface area (Å²) in [6.07, 6.45) is 8.77. The highest BCUT2D eigenvalue weighted by Crippen LogP contribution is 2.32. The monoisotopic (exact) mass is 265 g/mol. The highest BCUT2D eigenvalue weighted by molar-refractivity contribution is 5.81. The van der Waals surface area contributed by atoms with Gasteiger partial charge >= 0.3 is 0 Å². The standard InChI is InChI=1S/C15H27N3O/c1-10(15(19)17-11-6-7-11)16-12-8-13-4-3-5-14(9-12)18(13)2/h10-14,16H,3-9H2,1-2H3,(H,17,19). The van der Waals surface area contributed by atoms with Crippen LogP contribution in [0.1, 0.15) is 51.9 Å². The van der Waals surface area contributed by atoms with Crippen LogP contribution < -0.4 is 10.6 Å². The lowest BCUT2D eigenvalue weighted by atomic mass is 9.82. The van der Waals surface area contributed by atoms with Gasteiger partial charge in [-0.15, -0.1) is 0 Å². The van der Waals surface area contributed by atoms with E-state index >= 15 is 0 Å². The first-order valence-corrected chi connectivity index (χ1v) is 7.92. The number of carbonyl (C=O) groups excluding carboxylic acids is 1. The van der Waals surface area contributed by atoms with Gasteiger partial charge in [0.15, 0.2) is 0 Å². The molecule has 3 atom stereocenters. The Morgan fingerprint density at radius 3 is 2.32 bits per heavy atom. The van der Waals surface area contributed by atoms with E-state index in [1.165, 1.54) is 32.1 Å². The van der Waals surface area contributed by atoms with E-state index in [0.29, 0.717) is 12.1 Å². The zero-order valence-electron chi connectivity index (χ0n) is 12.2. The van der Waals surface area contributed by atoms with Gasteiger partial charge in [-0.3, -0.25) is 4.79 Å². The maximum Gasteiger partial charge on any atom is 0.237 e. The van der Waals surface area contributed by atoms with Crippen molar-refractivity contribution < 1.29 is 4.79 Å². The van der Waals surface area contributed by atoms with Gasteiger partial charge < -0.3 is 15.5 Å². The first kappa shape index (κ1) is 13.4. The zero-order valence-corrected chi connectivity index (χ0v) is 12.2. The van der Waals surface area contributed by atoms with Crippen LogP contribution in [0.3, 0.4) is 0 Å². The van der Waals surface area contributed by atoms with E-state index in [0.717, 1.165) is 24.9 Å². The number of hydrogen-bond acceptors (Lipinski definition) is 3. The number of rotatable bonds is 4. The van der Waals surface area contributed by atoms with Crippen LogP contribution >= 0.6 is 0 Å². The van der Waals surface area contributed by atoms with Crippen LogP contribution in [0.2, 0.25) is 0 Å². The maximum atomic E-state index is 12.0. The van der Waals surface area contributed by atoms with Gasteiger partial charge in [-0.05, 0) is 52.5 Å². The molecule has 1 saturated carbocycles. The Kier molecular flexibility index (Phi) is 3.81. The molecule has 2 saturated heterocycles. The fraction of sp³-hybridized carbons (Fsp3) is 0.933. The Morgan fingerprint density at radius 2 is 1.74 bits per heavy atom. The first-order chi connectivity index (χ1) is 9.13. The van der Waals surface area contributed by atoms with Crippen molar-refractivity contribution in [1.82, 2.24) is 15.5 Å². The van der Waals surface area contributed by atoms with Gasteiger partial charge in [0, 0.05) is 24.2 Å². The summed E-state index contributed by atoms with van der Waals surface area (Å²) >= 11 is 0. The second-order valence-electron chi connectivity index (χ2n) is 6.74. The lowest BCUT2D eigenvalue weighted by molar-refractivity contribution is -0.123. The van der Waals surface area contributed by atoms with Crippen LogP contribution in [-0.4, -0.2) is 48.1 Å². The quantitative estimate of drug-likeness (QED) is 0.804. The molecule has 2 heterocycles. The van der Waals surface area contributed by atoms with Crippen molar-refractivity contribution in [3.8, 4) is 0 Å². The van der Waals surface area contributed by atoms with Gasteiger partial charge in [0.05, 0.1) is 6.04 Å². The Bertz CT molecular complexity index is 328. The molecule has 3 rings (SSSR count). The molecule has 0 aromatic rings. The third-order valence-corrected chi connectivity index (χ3v) is 5.14. The Morgan fingerprint density at radius 1 is 1.11 bits per heavy atom. The number of nitrogens with one attached hydrogen (secondary N) is 2. The number of hydrogen-bond donors (Lipinski definition) is 2. The summed E-state index contributed by atoms with van der Waals surface area (Å²) in [6, 6.07) is 2.39. The van der Waals surface area contributed by atoms with Crippen LogP contribution in [0.4, 0.5) is 0 Å². The van der Waals surface area contributed by atoms with Gasteiger partial charge in [0.25, 0.3) is 0 Å². The minimum atomic E-state index is -0.0465. The molecule has 2 aliphatic heterocycles. The van der Waals surface area contributed by atoms with Gasteiger partial charge in [-0.25, -0.2) is 0 Å². The van der Waals surface area contributed by atoms with E-state index in [-0.39, 0.29) is 11.9 Å². The van der Waals surface area contributed by atoms with Crippen LogP contribution in [-0.2, 0) is 4.79 Å². The first-order valence-electron chi connectivity index (χ1n) is 7.92. The minimum absolute atomic E-state index is 0.0465. The highest BCUT2D eigenvalue weighted by Gasteiger charge is 2.37. The second kappa shape index (κ2) is 5.41. The number of amides is 1. The molecule has 1 aliphatic carbocycles. The molecule has 0 aromatic carbocycles. The SMILES string of the molecule is CC(NC1CC2CCCC(C1)N2C)C(=O)NC1CC1. The lowest BCUT2D eigenvalue weighted by Gasteiger charge is -2.47. The largest absolute Gasteiger partial charge is 0.352 e. The number of nitrogens with zero attached hydrogens (tertiary/aromatic N) is 1. The molecule has 19 heavy (non-hydrogen) atoms. The molecule has 0 radical (unpaired) electrons. The molecule has 4 nitrogen and oxygen atoms in total. The lowest BCUT2D eigenvalue weighted by Crippen LogP contribution is -2.57. The predicted octanol–water partition coefficient (Wildman–Crippen LogP) is 1.26. The normalized spacial score (nSPS) is 36.8. The van der Waals surface area contributed by atoms with Crippen molar-refractivity contribution >= 4 is 5.91 Å². The van der Waals surface area contributed by atoms with Gasteiger partial charge in [0.2, 0.25) is 5.91 Å². The zero-order chi connectivity index (χ0) is 13.4. The summed E-state index contributed by atoms with van der Waals surface area (Å²) < 4.78 is 0. The van der Waals surface area contributed by atoms with Crippen molar-refractivity contribution in [1.29, 1.82) is 0 Å². The predicted molar refractivity (Wildman–Crippen MR) is 76.0 cm³/mol. The summed E-state index contributed by atoms with van der Waals surface area (Å²) in [6.45, 7) is 2.01. The molecule has 4 heteroatoms. The van der Waals surface area contributed by atoms with Crippen LogP contribution in [0.5, 0.6) is 0 Å². The average molecular weight is 265 g/mol. The molecule has 3 unspecified atom stereocenters. The van der Waals surface area contributed by atoms with E-state index in [4.69, 9.17) is 0 Å². The molecule has 2 N–H and O–H groups in total. The van der Waals surface area contributed by atoms with Crippen molar-refractivity contribution in [2.75, 3.05) is 7.05 Å². The van der Waals surface area contributed by atoms with E-state index in [1.807, 2.05) is 6.92 Å². The summed E-state index contributed by atoms with van der Waals surface area (Å²) in [5.74, 6) is 0.187. The molecular formula is C15H27N3O. The Balaban J connectivity index is 1.50. The summed E-state index contributed by atoms with van der Waals surface area (Å²) in [7, 11) is 2.27. The van der Waals surface area contributed by atoms with Gasteiger partial charge in [-0.2, -0.15) is 0 Å². The molecule has 0 aromatic heterocycles. The average Bonchev–Trinajstić information content (AvgIpc) is 3.14. The molecule has 2 bridgehead atoms. The van der Waals surface area contributed by atoms with Crippen molar-refractivity contribution in [2.24, 2.45) is 0 Å². The molecule has 0 spiro atoms. The Labute approximate surface area is 116 Å². The summed E-state index contributed by atoms with van der Waals surface area (Å²) in [4.78, 5) is 14.6. The van der Waals surface area contributed by atoms with E-state index in [2.05, 4.69) is 22.6 Å². The van der Waals surface area contributed by atoms with Crippen molar-refractivity contribution in [3.63, 3.8) is 0 Å². The molecule has 1 amide bonds. The van der Waals surface area contributed by atoms with Crippen LogP contribution in [0.15, 0.2) is 0 Å². The fourth-order valence-electron chi connectivity index (χ4n) is 3.74. The Hall–Kier alpha value is -0.610. The second-order valence-corrected chi connectivity index (χ2v) is 6.74. The van der Waals surface area contributed by atoms with Gasteiger partial charge in [0.1, 0.15) is 0 Å². The van der Waals surface area contributed by atoms with E-state index < -0.39 is 0 Å². The molecule has 3 aliphatic rings. The summed E-state index contributed by atoms with van der Waals surface area (Å²) in [5.41, 5.74) is 0. The van der Waals surface area contributed by atoms with Crippen molar-refractivity contribution in [2.45, 2.75) is 82.1 Å². The summed E-state index contributed by atoms with van der Waals surface area (Å²) in [5, 5.41) is 6.65. The molecular weight excluding hydrogens is 238 g/mol. The van der Waals surface area contributed by atoms with Gasteiger partial charge in [-0.1, -0.05) is 6.42 Å². The highest BCUT2D eigenvalue weighted by atomic mass is 16.2. The third kappa shape index (κ3) is 3.11. The topological polar surface area (TPSA) is 44.4 Å². The smallest absolute Gasteiger partial charge is 0.237 e. The third-order valence-electron chi connectivity index (χ3n) is 5.14. The molecule has 108 valence electrons. The number of piperidine rings is 2. The number of carbonyl (C=O) groups is 1. The van der Waals surface area contributed by atoms with Crippen molar-refractivity contribution in [3.05, 3.63) is 0 Å². The van der Waals surface area contributed by atoms with Crippen LogP contribution in [0, 0.1) is 0 Å².